The van der Waals surface area contributed by atoms with E-state index in [1.54, 1.807) is 6.20 Å². The first kappa shape index (κ1) is 12.1. The smallest absolute Gasteiger partial charge is 0.354 e. The molecule has 6 heteroatoms. The maximum absolute atomic E-state index is 10.9. The third kappa shape index (κ3) is 2.17. The van der Waals surface area contributed by atoms with Gasteiger partial charge >= 0.3 is 5.97 Å². The summed E-state index contributed by atoms with van der Waals surface area (Å²) in [5.41, 5.74) is 7.02. The van der Waals surface area contributed by atoms with Crippen molar-refractivity contribution in [2.45, 2.75) is 19.8 Å². The van der Waals surface area contributed by atoms with E-state index in [1.165, 1.54) is 16.8 Å². The van der Waals surface area contributed by atoms with Crippen molar-refractivity contribution in [2.75, 3.05) is 5.73 Å². The second-order valence-electron chi connectivity index (χ2n) is 4.25. The summed E-state index contributed by atoms with van der Waals surface area (Å²) >= 11 is 0. The number of aromatic carboxylic acids is 1. The molecule has 0 fully saturated rings. The zero-order chi connectivity index (χ0) is 13.3. The molecule has 0 aliphatic heterocycles. The van der Waals surface area contributed by atoms with Crippen LogP contribution in [0.1, 0.15) is 35.9 Å². The summed E-state index contributed by atoms with van der Waals surface area (Å²) in [5.74, 6) is -0.468. The van der Waals surface area contributed by atoms with Gasteiger partial charge in [0.2, 0.25) is 0 Å². The van der Waals surface area contributed by atoms with Crippen molar-refractivity contribution in [3.8, 4) is 5.82 Å². The van der Waals surface area contributed by atoms with Crippen molar-refractivity contribution >= 4 is 11.7 Å². The van der Waals surface area contributed by atoms with Crippen LogP contribution in [0.2, 0.25) is 0 Å². The SMILES string of the molecule is CC(C)c1ccn(-c2nc(C(=O)O)ccc2N)n1. The van der Waals surface area contributed by atoms with Gasteiger partial charge in [0.25, 0.3) is 0 Å². The molecule has 6 nitrogen and oxygen atoms in total. The molecule has 18 heavy (non-hydrogen) atoms. The van der Waals surface area contributed by atoms with Crippen molar-refractivity contribution in [1.29, 1.82) is 0 Å². The Labute approximate surface area is 104 Å². The largest absolute Gasteiger partial charge is 0.477 e. The zero-order valence-corrected chi connectivity index (χ0v) is 10.2. The Morgan fingerprint density at radius 3 is 2.67 bits per heavy atom. The van der Waals surface area contributed by atoms with E-state index in [0.29, 0.717) is 11.5 Å². The second-order valence-corrected chi connectivity index (χ2v) is 4.25. The van der Waals surface area contributed by atoms with Gasteiger partial charge in [0.05, 0.1) is 11.4 Å². The van der Waals surface area contributed by atoms with Gasteiger partial charge in [-0.2, -0.15) is 5.10 Å². The van der Waals surface area contributed by atoms with Crippen LogP contribution in [-0.2, 0) is 0 Å². The molecule has 2 heterocycles. The zero-order valence-electron chi connectivity index (χ0n) is 10.2. The summed E-state index contributed by atoms with van der Waals surface area (Å²) in [6, 6.07) is 4.75. The Kier molecular flexibility index (Phi) is 3.01. The van der Waals surface area contributed by atoms with Crippen molar-refractivity contribution in [2.24, 2.45) is 0 Å². The van der Waals surface area contributed by atoms with E-state index in [4.69, 9.17) is 10.8 Å². The third-order valence-corrected chi connectivity index (χ3v) is 2.54. The minimum absolute atomic E-state index is 0.0548. The molecule has 0 amide bonds. The van der Waals surface area contributed by atoms with Crippen LogP contribution in [0.25, 0.3) is 5.82 Å². The molecule has 0 saturated carbocycles. The molecule has 3 N–H and O–H groups in total. The molecule has 0 radical (unpaired) electrons. The molecular formula is C12H14N4O2. The predicted molar refractivity (Wildman–Crippen MR) is 66.8 cm³/mol. The average Bonchev–Trinajstić information content (AvgIpc) is 2.78. The van der Waals surface area contributed by atoms with Crippen molar-refractivity contribution < 1.29 is 9.90 Å². The Hall–Kier alpha value is -2.37. The molecule has 0 unspecified atom stereocenters. The minimum atomic E-state index is -1.09. The van der Waals surface area contributed by atoms with Gasteiger partial charge in [-0.3, -0.25) is 0 Å². The van der Waals surface area contributed by atoms with Crippen molar-refractivity contribution in [3.63, 3.8) is 0 Å². The lowest BCUT2D eigenvalue weighted by atomic mass is 10.1. The summed E-state index contributed by atoms with van der Waals surface area (Å²) in [7, 11) is 0. The Morgan fingerprint density at radius 2 is 2.11 bits per heavy atom. The first-order valence-electron chi connectivity index (χ1n) is 5.55. The van der Waals surface area contributed by atoms with Gasteiger partial charge in [-0.25, -0.2) is 14.5 Å². The first-order valence-corrected chi connectivity index (χ1v) is 5.55. The van der Waals surface area contributed by atoms with E-state index in [1.807, 2.05) is 19.9 Å². The third-order valence-electron chi connectivity index (χ3n) is 2.54. The quantitative estimate of drug-likeness (QED) is 0.859. The molecule has 0 aliphatic rings. The molecule has 0 aromatic carbocycles. The Balaban J connectivity index is 2.48. The van der Waals surface area contributed by atoms with E-state index < -0.39 is 5.97 Å². The molecule has 2 aromatic heterocycles. The number of rotatable bonds is 3. The standard InChI is InChI=1S/C12H14N4O2/c1-7(2)9-5-6-16(15-9)11-8(13)3-4-10(14-11)12(17)18/h3-7H,13H2,1-2H3,(H,17,18). The van der Waals surface area contributed by atoms with Crippen molar-refractivity contribution in [3.05, 3.63) is 35.8 Å². The van der Waals surface area contributed by atoms with Gasteiger partial charge in [-0.1, -0.05) is 13.8 Å². The molecule has 0 bridgehead atoms. The number of nitrogen functional groups attached to an aromatic ring is 1. The fourth-order valence-electron chi connectivity index (χ4n) is 1.53. The van der Waals surface area contributed by atoms with Crippen LogP contribution in [0.15, 0.2) is 24.4 Å². The molecule has 0 saturated heterocycles. The lowest BCUT2D eigenvalue weighted by molar-refractivity contribution is 0.0690. The molecule has 2 aromatic rings. The number of hydrogen-bond acceptors (Lipinski definition) is 4. The summed E-state index contributed by atoms with van der Waals surface area (Å²) in [4.78, 5) is 14.9. The number of hydrogen-bond donors (Lipinski definition) is 2. The van der Waals surface area contributed by atoms with Crippen LogP contribution in [0, 0.1) is 0 Å². The number of carboxylic acid groups (broad SMARTS) is 1. The van der Waals surface area contributed by atoms with Gasteiger partial charge < -0.3 is 10.8 Å². The highest BCUT2D eigenvalue weighted by Crippen LogP contribution is 2.17. The van der Waals surface area contributed by atoms with Gasteiger partial charge in [-0.05, 0) is 24.1 Å². The minimum Gasteiger partial charge on any atom is -0.477 e. The summed E-state index contributed by atoms with van der Waals surface area (Å²) in [5, 5.41) is 13.2. The summed E-state index contributed by atoms with van der Waals surface area (Å²) in [6.07, 6.45) is 1.72. The van der Waals surface area contributed by atoms with Crippen LogP contribution in [-0.4, -0.2) is 25.8 Å². The molecule has 0 spiro atoms. The maximum atomic E-state index is 10.9. The first-order chi connectivity index (χ1) is 8.49. The molecule has 2 rings (SSSR count). The van der Waals surface area contributed by atoms with Crippen LogP contribution in [0.3, 0.4) is 0 Å². The highest BCUT2D eigenvalue weighted by Gasteiger charge is 2.12. The lowest BCUT2D eigenvalue weighted by Gasteiger charge is -2.06. The van der Waals surface area contributed by atoms with Gasteiger partial charge in [0, 0.05) is 6.20 Å². The van der Waals surface area contributed by atoms with Gasteiger partial charge in [0.15, 0.2) is 11.5 Å². The van der Waals surface area contributed by atoms with E-state index in [9.17, 15) is 4.79 Å². The molecule has 0 atom stereocenters. The van der Waals surface area contributed by atoms with E-state index in [0.717, 1.165) is 5.69 Å². The number of carbonyl (C=O) groups is 1. The molecule has 94 valence electrons. The van der Waals surface area contributed by atoms with Crippen LogP contribution < -0.4 is 5.73 Å². The van der Waals surface area contributed by atoms with Crippen LogP contribution in [0.4, 0.5) is 5.69 Å². The highest BCUT2D eigenvalue weighted by molar-refractivity contribution is 5.86. The van der Waals surface area contributed by atoms with E-state index in [2.05, 4.69) is 10.1 Å². The average molecular weight is 246 g/mol. The van der Waals surface area contributed by atoms with Crippen LogP contribution >= 0.6 is 0 Å². The Morgan fingerprint density at radius 1 is 1.39 bits per heavy atom. The van der Waals surface area contributed by atoms with E-state index in [-0.39, 0.29) is 11.6 Å². The number of anilines is 1. The molecule has 0 aliphatic carbocycles. The lowest BCUT2D eigenvalue weighted by Crippen LogP contribution is -2.09. The number of carboxylic acids is 1. The van der Waals surface area contributed by atoms with Crippen LogP contribution in [0.5, 0.6) is 0 Å². The highest BCUT2D eigenvalue weighted by atomic mass is 16.4. The fraction of sp³-hybridized carbons (Fsp3) is 0.250. The van der Waals surface area contributed by atoms with E-state index >= 15 is 0 Å². The summed E-state index contributed by atoms with van der Waals surface area (Å²) in [6.45, 7) is 4.05. The monoisotopic (exact) mass is 246 g/mol. The number of nitrogens with two attached hydrogens (primary N) is 1. The number of nitrogens with zero attached hydrogens (tertiary/aromatic N) is 3. The Bertz CT molecular complexity index is 590. The summed E-state index contributed by atoms with van der Waals surface area (Å²) < 4.78 is 1.50. The topological polar surface area (TPSA) is 94.0 Å². The number of pyridine rings is 1. The predicted octanol–water partition coefficient (Wildman–Crippen LogP) is 1.67. The second kappa shape index (κ2) is 4.48. The van der Waals surface area contributed by atoms with Gasteiger partial charge in [0.1, 0.15) is 0 Å². The maximum Gasteiger partial charge on any atom is 0.354 e. The molecular weight excluding hydrogens is 232 g/mol. The normalized spacial score (nSPS) is 10.8. The number of aromatic nitrogens is 3. The van der Waals surface area contributed by atoms with Crippen molar-refractivity contribution in [1.82, 2.24) is 14.8 Å². The fourth-order valence-corrected chi connectivity index (χ4v) is 1.53. The van der Waals surface area contributed by atoms with Gasteiger partial charge in [-0.15, -0.1) is 0 Å².